The molecule has 5 heteroatoms. The SMILES string of the molecule is CCC(C)c1ccc(NC(N)=NCCCN(C)C)cc1.I. The number of aliphatic imine (C=N–C) groups is 1. The van der Waals surface area contributed by atoms with Gasteiger partial charge in [-0.2, -0.15) is 0 Å². The van der Waals surface area contributed by atoms with E-state index in [9.17, 15) is 0 Å². The van der Waals surface area contributed by atoms with Crippen LogP contribution in [0, 0.1) is 0 Å². The highest BCUT2D eigenvalue weighted by Crippen LogP contribution is 2.20. The van der Waals surface area contributed by atoms with Gasteiger partial charge in [0.05, 0.1) is 0 Å². The standard InChI is InChI=1S/C16H28N4.HI/c1-5-13(2)14-7-9-15(10-8-14)19-16(17)18-11-6-12-20(3)4;/h7-10,13H,5-6,11-12H2,1-4H3,(H3,17,18,19);1H. The fourth-order valence-corrected chi connectivity index (χ4v) is 1.90. The Balaban J connectivity index is 0.00000400. The normalized spacial score (nSPS) is 12.9. The maximum Gasteiger partial charge on any atom is 0.193 e. The fourth-order valence-electron chi connectivity index (χ4n) is 1.90. The van der Waals surface area contributed by atoms with Crippen LogP contribution in [0.3, 0.4) is 0 Å². The lowest BCUT2D eigenvalue weighted by Gasteiger charge is -2.11. The van der Waals surface area contributed by atoms with Crippen molar-refractivity contribution in [2.45, 2.75) is 32.6 Å². The number of nitrogens with one attached hydrogen (secondary N) is 1. The summed E-state index contributed by atoms with van der Waals surface area (Å²) >= 11 is 0. The van der Waals surface area contributed by atoms with Crippen molar-refractivity contribution in [3.8, 4) is 0 Å². The van der Waals surface area contributed by atoms with E-state index in [1.807, 2.05) is 0 Å². The maximum absolute atomic E-state index is 5.87. The lowest BCUT2D eigenvalue weighted by molar-refractivity contribution is 0.403. The summed E-state index contributed by atoms with van der Waals surface area (Å²) in [7, 11) is 4.12. The molecule has 1 aromatic carbocycles. The van der Waals surface area contributed by atoms with Crippen LogP contribution in [0.15, 0.2) is 29.3 Å². The maximum atomic E-state index is 5.87. The van der Waals surface area contributed by atoms with Gasteiger partial charge in [-0.3, -0.25) is 4.99 Å². The number of halogens is 1. The molecule has 21 heavy (non-hydrogen) atoms. The second kappa shape index (κ2) is 10.8. The van der Waals surface area contributed by atoms with Gasteiger partial charge in [-0.1, -0.05) is 26.0 Å². The Morgan fingerprint density at radius 2 is 1.90 bits per heavy atom. The van der Waals surface area contributed by atoms with Crippen LogP contribution in [-0.4, -0.2) is 38.0 Å². The van der Waals surface area contributed by atoms with Gasteiger partial charge in [0.25, 0.3) is 0 Å². The molecule has 0 aliphatic carbocycles. The molecule has 1 unspecified atom stereocenters. The minimum Gasteiger partial charge on any atom is -0.370 e. The van der Waals surface area contributed by atoms with Crippen LogP contribution in [0.25, 0.3) is 0 Å². The van der Waals surface area contributed by atoms with E-state index >= 15 is 0 Å². The largest absolute Gasteiger partial charge is 0.370 e. The van der Waals surface area contributed by atoms with E-state index in [0.717, 1.165) is 31.6 Å². The summed E-state index contributed by atoms with van der Waals surface area (Å²) in [5.41, 5.74) is 8.22. The third-order valence-electron chi connectivity index (χ3n) is 3.41. The number of benzene rings is 1. The molecule has 0 spiro atoms. The van der Waals surface area contributed by atoms with Crippen molar-refractivity contribution >= 4 is 35.6 Å². The Morgan fingerprint density at radius 1 is 1.29 bits per heavy atom. The number of nitrogens with zero attached hydrogens (tertiary/aromatic N) is 2. The summed E-state index contributed by atoms with van der Waals surface area (Å²) < 4.78 is 0. The monoisotopic (exact) mass is 404 g/mol. The minimum absolute atomic E-state index is 0. The van der Waals surface area contributed by atoms with Gasteiger partial charge in [0.15, 0.2) is 5.96 Å². The fraction of sp³-hybridized carbons (Fsp3) is 0.562. The van der Waals surface area contributed by atoms with Crippen LogP contribution < -0.4 is 11.1 Å². The third-order valence-corrected chi connectivity index (χ3v) is 3.41. The molecule has 1 atom stereocenters. The second-order valence-electron chi connectivity index (χ2n) is 5.48. The van der Waals surface area contributed by atoms with Crippen molar-refractivity contribution in [1.82, 2.24) is 4.90 Å². The van der Waals surface area contributed by atoms with Crippen molar-refractivity contribution in [2.75, 3.05) is 32.5 Å². The summed E-state index contributed by atoms with van der Waals surface area (Å²) in [6.07, 6.45) is 2.17. The average molecular weight is 404 g/mol. The predicted octanol–water partition coefficient (Wildman–Crippen LogP) is 3.50. The van der Waals surface area contributed by atoms with Crippen molar-refractivity contribution in [1.29, 1.82) is 0 Å². The van der Waals surface area contributed by atoms with Gasteiger partial charge in [0, 0.05) is 12.2 Å². The van der Waals surface area contributed by atoms with Crippen LogP contribution in [0.4, 0.5) is 5.69 Å². The number of nitrogens with two attached hydrogens (primary N) is 1. The molecule has 0 bridgehead atoms. The highest BCUT2D eigenvalue weighted by atomic mass is 127. The number of rotatable bonds is 7. The van der Waals surface area contributed by atoms with E-state index < -0.39 is 0 Å². The first kappa shape index (κ1) is 20.2. The summed E-state index contributed by atoms with van der Waals surface area (Å²) in [6.45, 7) is 6.22. The van der Waals surface area contributed by atoms with E-state index in [4.69, 9.17) is 5.73 Å². The minimum atomic E-state index is 0. The zero-order chi connectivity index (χ0) is 15.0. The summed E-state index contributed by atoms with van der Waals surface area (Å²) in [6, 6.07) is 8.42. The van der Waals surface area contributed by atoms with Crippen LogP contribution in [-0.2, 0) is 0 Å². The molecule has 0 aliphatic rings. The first-order chi connectivity index (χ1) is 9.52. The van der Waals surface area contributed by atoms with Gasteiger partial charge in [0.2, 0.25) is 0 Å². The first-order valence-corrected chi connectivity index (χ1v) is 7.34. The smallest absolute Gasteiger partial charge is 0.193 e. The van der Waals surface area contributed by atoms with Crippen molar-refractivity contribution in [2.24, 2.45) is 10.7 Å². The van der Waals surface area contributed by atoms with Crippen LogP contribution >= 0.6 is 24.0 Å². The molecule has 120 valence electrons. The van der Waals surface area contributed by atoms with Crippen molar-refractivity contribution < 1.29 is 0 Å². The van der Waals surface area contributed by atoms with Crippen LogP contribution in [0.2, 0.25) is 0 Å². The molecule has 0 saturated carbocycles. The summed E-state index contributed by atoms with van der Waals surface area (Å²) in [5, 5.41) is 3.13. The number of anilines is 1. The summed E-state index contributed by atoms with van der Waals surface area (Å²) in [5.74, 6) is 1.08. The highest BCUT2D eigenvalue weighted by molar-refractivity contribution is 14.0. The summed E-state index contributed by atoms with van der Waals surface area (Å²) in [4.78, 5) is 6.47. The van der Waals surface area contributed by atoms with Crippen LogP contribution in [0.5, 0.6) is 0 Å². The van der Waals surface area contributed by atoms with Crippen molar-refractivity contribution in [3.05, 3.63) is 29.8 Å². The molecular weight excluding hydrogens is 375 g/mol. The third kappa shape index (κ3) is 8.26. The Kier molecular flexibility index (Phi) is 10.4. The van der Waals surface area contributed by atoms with Crippen LogP contribution in [0.1, 0.15) is 38.2 Å². The van der Waals surface area contributed by atoms with E-state index in [0.29, 0.717) is 11.9 Å². The van der Waals surface area contributed by atoms with Gasteiger partial charge in [0.1, 0.15) is 0 Å². The van der Waals surface area contributed by atoms with E-state index in [1.54, 1.807) is 0 Å². The Labute approximate surface area is 146 Å². The van der Waals surface area contributed by atoms with Gasteiger partial charge in [-0.05, 0) is 57.1 Å². The first-order valence-electron chi connectivity index (χ1n) is 7.34. The molecule has 3 N–H and O–H groups in total. The van der Waals surface area contributed by atoms with Gasteiger partial charge in [-0.15, -0.1) is 24.0 Å². The zero-order valence-electron chi connectivity index (χ0n) is 13.6. The number of hydrogen-bond acceptors (Lipinski definition) is 2. The molecule has 1 rings (SSSR count). The molecule has 4 nitrogen and oxygen atoms in total. The van der Waals surface area contributed by atoms with Gasteiger partial charge < -0.3 is 16.0 Å². The Morgan fingerprint density at radius 3 is 2.43 bits per heavy atom. The second-order valence-corrected chi connectivity index (χ2v) is 5.48. The number of hydrogen-bond donors (Lipinski definition) is 2. The number of guanidine groups is 1. The lowest BCUT2D eigenvalue weighted by Crippen LogP contribution is -2.23. The highest BCUT2D eigenvalue weighted by Gasteiger charge is 2.02. The molecular formula is C16H29IN4. The molecule has 0 amide bonds. The quantitative estimate of drug-likeness (QED) is 0.317. The molecule has 0 aliphatic heterocycles. The van der Waals surface area contributed by atoms with E-state index in [-0.39, 0.29) is 24.0 Å². The molecule has 0 heterocycles. The Hall–Kier alpha value is -0.820. The van der Waals surface area contributed by atoms with Gasteiger partial charge >= 0.3 is 0 Å². The predicted molar refractivity (Wildman–Crippen MR) is 104 cm³/mol. The topological polar surface area (TPSA) is 53.6 Å². The molecule has 1 aromatic rings. The van der Waals surface area contributed by atoms with Crippen molar-refractivity contribution in [3.63, 3.8) is 0 Å². The molecule has 0 radical (unpaired) electrons. The lowest BCUT2D eigenvalue weighted by atomic mass is 9.99. The average Bonchev–Trinajstić information content (AvgIpc) is 2.43. The molecule has 0 aromatic heterocycles. The van der Waals surface area contributed by atoms with E-state index in [2.05, 4.69) is 67.4 Å². The van der Waals surface area contributed by atoms with E-state index in [1.165, 1.54) is 5.56 Å². The molecule has 0 saturated heterocycles. The zero-order valence-corrected chi connectivity index (χ0v) is 15.9. The van der Waals surface area contributed by atoms with Gasteiger partial charge in [-0.25, -0.2) is 0 Å². The molecule has 0 fully saturated rings. The Bertz CT molecular complexity index is 415.